The molecule has 0 spiro atoms. The van der Waals surface area contributed by atoms with Gasteiger partial charge in [-0.05, 0) is 49.6 Å². The van der Waals surface area contributed by atoms with Crippen LogP contribution in [0.25, 0.3) is 10.2 Å². The standard InChI is InChI=1S/C22H25N3O3S/c1-14-6-8-18-20(11-14)29-22(24-18)25-10-4-5-15(13-25)21(26)23-17-9-7-16(27-2)12-19(17)28-3/h6-9,11-12,15H,4-5,10,13H2,1-3H3,(H,23,26). The van der Waals surface area contributed by atoms with Crippen LogP contribution in [0.4, 0.5) is 10.8 Å². The Labute approximate surface area is 174 Å². The predicted molar refractivity (Wildman–Crippen MR) is 117 cm³/mol. The van der Waals surface area contributed by atoms with E-state index in [1.54, 1.807) is 31.6 Å². The maximum Gasteiger partial charge on any atom is 0.229 e. The van der Waals surface area contributed by atoms with Gasteiger partial charge in [-0.2, -0.15) is 0 Å². The maximum absolute atomic E-state index is 12.9. The Balaban J connectivity index is 1.48. The summed E-state index contributed by atoms with van der Waals surface area (Å²) in [7, 11) is 3.19. The molecule has 1 N–H and O–H groups in total. The van der Waals surface area contributed by atoms with Crippen molar-refractivity contribution in [1.29, 1.82) is 0 Å². The minimum Gasteiger partial charge on any atom is -0.497 e. The summed E-state index contributed by atoms with van der Waals surface area (Å²) in [5, 5.41) is 4.02. The lowest BCUT2D eigenvalue weighted by Gasteiger charge is -2.31. The van der Waals surface area contributed by atoms with Gasteiger partial charge in [0.05, 0.1) is 36.0 Å². The topological polar surface area (TPSA) is 63.7 Å². The molecule has 1 aliphatic rings. The lowest BCUT2D eigenvalue weighted by molar-refractivity contribution is -0.120. The lowest BCUT2D eigenvalue weighted by atomic mass is 9.97. The lowest BCUT2D eigenvalue weighted by Crippen LogP contribution is -2.40. The van der Waals surface area contributed by atoms with Gasteiger partial charge in [-0.15, -0.1) is 0 Å². The van der Waals surface area contributed by atoms with Crippen molar-refractivity contribution in [2.75, 3.05) is 37.5 Å². The monoisotopic (exact) mass is 411 g/mol. The summed E-state index contributed by atoms with van der Waals surface area (Å²) in [6.45, 7) is 3.69. The van der Waals surface area contributed by atoms with Crippen molar-refractivity contribution in [2.24, 2.45) is 5.92 Å². The first-order valence-corrected chi connectivity index (χ1v) is 10.5. The third-order valence-electron chi connectivity index (χ3n) is 5.26. The summed E-state index contributed by atoms with van der Waals surface area (Å²) in [6.07, 6.45) is 1.83. The summed E-state index contributed by atoms with van der Waals surface area (Å²) in [5.74, 6) is 1.20. The maximum atomic E-state index is 12.9. The molecule has 1 saturated heterocycles. The number of fused-ring (bicyclic) bond motifs is 1. The van der Waals surface area contributed by atoms with Crippen molar-refractivity contribution in [2.45, 2.75) is 19.8 Å². The second-order valence-corrected chi connectivity index (χ2v) is 8.32. The van der Waals surface area contributed by atoms with Crippen LogP contribution < -0.4 is 19.7 Å². The summed E-state index contributed by atoms with van der Waals surface area (Å²) in [6, 6.07) is 11.7. The molecule has 1 fully saturated rings. The van der Waals surface area contributed by atoms with E-state index in [-0.39, 0.29) is 11.8 Å². The highest BCUT2D eigenvalue weighted by molar-refractivity contribution is 7.22. The molecule has 0 radical (unpaired) electrons. The smallest absolute Gasteiger partial charge is 0.229 e. The molecule has 0 aliphatic carbocycles. The quantitative estimate of drug-likeness (QED) is 0.671. The first-order valence-electron chi connectivity index (χ1n) is 9.72. The van der Waals surface area contributed by atoms with Crippen molar-refractivity contribution in [3.8, 4) is 11.5 Å². The Morgan fingerprint density at radius 1 is 1.21 bits per heavy atom. The van der Waals surface area contributed by atoms with E-state index in [1.807, 2.05) is 12.1 Å². The number of aryl methyl sites for hydroxylation is 1. The molecule has 3 aromatic rings. The average molecular weight is 412 g/mol. The molecule has 1 atom stereocenters. The molecule has 152 valence electrons. The minimum atomic E-state index is -0.0932. The molecule has 0 bridgehead atoms. The number of thiazole rings is 1. The first-order chi connectivity index (χ1) is 14.1. The van der Waals surface area contributed by atoms with Crippen molar-refractivity contribution < 1.29 is 14.3 Å². The number of methoxy groups -OCH3 is 2. The molecule has 2 aromatic carbocycles. The molecule has 1 aliphatic heterocycles. The number of carbonyl (C=O) groups is 1. The Hall–Kier alpha value is -2.80. The molecule has 0 saturated carbocycles. The average Bonchev–Trinajstić information content (AvgIpc) is 3.17. The van der Waals surface area contributed by atoms with Gasteiger partial charge in [0.2, 0.25) is 5.91 Å². The molecule has 2 heterocycles. The van der Waals surface area contributed by atoms with Crippen LogP contribution in [0.5, 0.6) is 11.5 Å². The number of ether oxygens (including phenoxy) is 2. The largest absolute Gasteiger partial charge is 0.497 e. The number of hydrogen-bond acceptors (Lipinski definition) is 6. The van der Waals surface area contributed by atoms with E-state index in [2.05, 4.69) is 35.3 Å². The molecular formula is C22H25N3O3S. The molecule has 6 nitrogen and oxygen atoms in total. The highest BCUT2D eigenvalue weighted by Gasteiger charge is 2.28. The minimum absolute atomic E-state index is 0.00937. The van der Waals surface area contributed by atoms with Gasteiger partial charge in [0.1, 0.15) is 11.5 Å². The summed E-state index contributed by atoms with van der Waals surface area (Å²) < 4.78 is 11.8. The zero-order valence-electron chi connectivity index (χ0n) is 16.9. The van der Waals surface area contributed by atoms with Crippen LogP contribution in [-0.4, -0.2) is 38.2 Å². The molecule has 1 aromatic heterocycles. The van der Waals surface area contributed by atoms with Gasteiger partial charge in [0, 0.05) is 19.2 Å². The summed E-state index contributed by atoms with van der Waals surface area (Å²) in [4.78, 5) is 20.0. The number of nitrogens with zero attached hydrogens (tertiary/aromatic N) is 2. The van der Waals surface area contributed by atoms with Crippen molar-refractivity contribution in [3.05, 3.63) is 42.0 Å². The number of anilines is 2. The highest BCUT2D eigenvalue weighted by Crippen LogP contribution is 2.33. The van der Waals surface area contributed by atoms with Crippen LogP contribution in [0, 0.1) is 12.8 Å². The number of aromatic nitrogens is 1. The number of nitrogens with one attached hydrogen (secondary N) is 1. The molecule has 1 amide bonds. The molecular weight excluding hydrogens is 386 g/mol. The van der Waals surface area contributed by atoms with Crippen LogP contribution in [0.1, 0.15) is 18.4 Å². The number of amides is 1. The molecule has 1 unspecified atom stereocenters. The van der Waals surface area contributed by atoms with E-state index in [1.165, 1.54) is 10.3 Å². The number of rotatable bonds is 5. The molecule has 7 heteroatoms. The normalized spacial score (nSPS) is 16.7. The number of hydrogen-bond donors (Lipinski definition) is 1. The second kappa shape index (κ2) is 8.29. The zero-order valence-corrected chi connectivity index (χ0v) is 17.7. The van der Waals surface area contributed by atoms with Crippen LogP contribution in [-0.2, 0) is 4.79 Å². The van der Waals surface area contributed by atoms with Crippen LogP contribution >= 0.6 is 11.3 Å². The van der Waals surface area contributed by atoms with Gasteiger partial charge >= 0.3 is 0 Å². The third kappa shape index (κ3) is 4.15. The fourth-order valence-electron chi connectivity index (χ4n) is 3.66. The Bertz CT molecular complexity index is 1030. The van der Waals surface area contributed by atoms with Gasteiger partial charge in [0.15, 0.2) is 5.13 Å². The summed E-state index contributed by atoms with van der Waals surface area (Å²) >= 11 is 1.70. The van der Waals surface area contributed by atoms with E-state index in [0.29, 0.717) is 23.7 Å². The van der Waals surface area contributed by atoms with Gasteiger partial charge in [-0.25, -0.2) is 4.98 Å². The van der Waals surface area contributed by atoms with Crippen LogP contribution in [0.15, 0.2) is 36.4 Å². The van der Waals surface area contributed by atoms with E-state index in [9.17, 15) is 4.79 Å². The van der Waals surface area contributed by atoms with Gasteiger partial charge < -0.3 is 19.7 Å². The SMILES string of the molecule is COc1ccc(NC(=O)C2CCCN(c3nc4ccc(C)cc4s3)C2)c(OC)c1. The molecule has 29 heavy (non-hydrogen) atoms. The van der Waals surface area contributed by atoms with E-state index in [4.69, 9.17) is 14.5 Å². The van der Waals surface area contributed by atoms with E-state index < -0.39 is 0 Å². The Kier molecular flexibility index (Phi) is 5.58. The van der Waals surface area contributed by atoms with Gasteiger partial charge in [0.25, 0.3) is 0 Å². The number of benzene rings is 2. The van der Waals surface area contributed by atoms with Crippen LogP contribution in [0.2, 0.25) is 0 Å². The predicted octanol–water partition coefficient (Wildman–Crippen LogP) is 4.48. The number of carbonyl (C=O) groups excluding carboxylic acids is 1. The van der Waals surface area contributed by atoms with Gasteiger partial charge in [-0.3, -0.25) is 4.79 Å². The van der Waals surface area contributed by atoms with Crippen molar-refractivity contribution in [1.82, 2.24) is 4.98 Å². The first kappa shape index (κ1) is 19.5. The van der Waals surface area contributed by atoms with E-state index >= 15 is 0 Å². The fourth-order valence-corrected chi connectivity index (χ4v) is 4.76. The van der Waals surface area contributed by atoms with Crippen molar-refractivity contribution >= 4 is 38.3 Å². The Morgan fingerprint density at radius 3 is 2.86 bits per heavy atom. The highest BCUT2D eigenvalue weighted by atomic mass is 32.1. The second-order valence-electron chi connectivity index (χ2n) is 7.31. The number of piperidine rings is 1. The zero-order chi connectivity index (χ0) is 20.4. The molecule has 4 rings (SSSR count). The van der Waals surface area contributed by atoms with E-state index in [0.717, 1.165) is 30.0 Å². The third-order valence-corrected chi connectivity index (χ3v) is 6.34. The summed E-state index contributed by atoms with van der Waals surface area (Å²) in [5.41, 5.74) is 2.91. The fraction of sp³-hybridized carbons (Fsp3) is 0.364. The Morgan fingerprint density at radius 2 is 2.07 bits per heavy atom. The van der Waals surface area contributed by atoms with Gasteiger partial charge in [-0.1, -0.05) is 17.4 Å². The van der Waals surface area contributed by atoms with Crippen molar-refractivity contribution in [3.63, 3.8) is 0 Å². The van der Waals surface area contributed by atoms with Crippen LogP contribution in [0.3, 0.4) is 0 Å².